The smallest absolute Gasteiger partial charge is 0.339 e. The summed E-state index contributed by atoms with van der Waals surface area (Å²) < 4.78 is 32.4. The predicted molar refractivity (Wildman–Crippen MR) is 106 cm³/mol. The van der Waals surface area contributed by atoms with E-state index in [-0.39, 0.29) is 27.1 Å². The Morgan fingerprint density at radius 1 is 1.15 bits per heavy atom. The number of carbonyl (C=O) groups excluding carboxylic acids is 2. The highest BCUT2D eigenvalue weighted by molar-refractivity contribution is 7.98. The van der Waals surface area contributed by atoms with E-state index in [0.717, 1.165) is 4.90 Å². The maximum atomic E-state index is 12.7. The summed E-state index contributed by atoms with van der Waals surface area (Å²) >= 11 is 7.31. The molecule has 0 aliphatic rings. The van der Waals surface area contributed by atoms with Crippen LogP contribution in [0.2, 0.25) is 5.02 Å². The van der Waals surface area contributed by atoms with Gasteiger partial charge in [-0.3, -0.25) is 9.52 Å². The minimum atomic E-state index is -3.96. The topological polar surface area (TPSA) is 102 Å². The highest BCUT2D eigenvalue weighted by Gasteiger charge is 2.19. The van der Waals surface area contributed by atoms with E-state index < -0.39 is 16.0 Å². The minimum Gasteiger partial charge on any atom is -0.465 e. The largest absolute Gasteiger partial charge is 0.465 e. The summed E-state index contributed by atoms with van der Waals surface area (Å²) in [5.74, 6) is -0.994. The van der Waals surface area contributed by atoms with Gasteiger partial charge in [-0.05, 0) is 42.7 Å². The number of methoxy groups -OCH3 is 1. The van der Waals surface area contributed by atoms with Crippen molar-refractivity contribution in [2.45, 2.75) is 16.7 Å². The normalized spacial score (nSPS) is 11.0. The highest BCUT2D eigenvalue weighted by atomic mass is 35.5. The summed E-state index contributed by atoms with van der Waals surface area (Å²) in [5, 5.41) is 2.75. The number of sulfonamides is 1. The molecule has 0 aromatic heterocycles. The first-order valence-corrected chi connectivity index (χ1v) is 10.6. The number of anilines is 2. The maximum Gasteiger partial charge on any atom is 0.339 e. The van der Waals surface area contributed by atoms with Gasteiger partial charge in [-0.2, -0.15) is 0 Å². The molecule has 0 spiro atoms. The second-order valence-corrected chi connectivity index (χ2v) is 8.27. The molecule has 0 aliphatic carbocycles. The first-order valence-electron chi connectivity index (χ1n) is 7.54. The third kappa shape index (κ3) is 5.15. The van der Waals surface area contributed by atoms with Crippen molar-refractivity contribution in [2.75, 3.05) is 23.4 Å². The Hall–Kier alpha value is -2.23. The molecule has 0 aliphatic heterocycles. The Morgan fingerprint density at radius 3 is 2.44 bits per heavy atom. The molecule has 0 saturated heterocycles. The lowest BCUT2D eigenvalue weighted by atomic mass is 10.2. The molecule has 2 aromatic carbocycles. The van der Waals surface area contributed by atoms with Gasteiger partial charge < -0.3 is 10.1 Å². The van der Waals surface area contributed by atoms with Crippen LogP contribution >= 0.6 is 23.4 Å². The molecule has 2 aromatic rings. The molecule has 0 fully saturated rings. The number of nitrogens with one attached hydrogen (secondary N) is 2. The lowest BCUT2D eigenvalue weighted by Gasteiger charge is -2.13. The summed E-state index contributed by atoms with van der Waals surface area (Å²) in [6, 6.07) is 8.51. The van der Waals surface area contributed by atoms with Gasteiger partial charge in [0.25, 0.3) is 10.0 Å². The number of hydrogen-bond acceptors (Lipinski definition) is 6. The monoisotopic (exact) mass is 428 g/mol. The fourth-order valence-electron chi connectivity index (χ4n) is 2.21. The molecule has 2 N–H and O–H groups in total. The van der Waals surface area contributed by atoms with Crippen LogP contribution in [0.1, 0.15) is 17.3 Å². The van der Waals surface area contributed by atoms with Crippen molar-refractivity contribution in [3.8, 4) is 0 Å². The first-order chi connectivity index (χ1) is 12.7. The van der Waals surface area contributed by atoms with E-state index in [4.69, 9.17) is 11.6 Å². The van der Waals surface area contributed by atoms with Crippen LogP contribution in [0, 0.1) is 0 Å². The Bertz CT molecular complexity index is 993. The molecule has 0 saturated carbocycles. The van der Waals surface area contributed by atoms with Gasteiger partial charge in [-0.1, -0.05) is 11.6 Å². The third-order valence-electron chi connectivity index (χ3n) is 3.42. The van der Waals surface area contributed by atoms with Crippen LogP contribution in [0.15, 0.2) is 46.2 Å². The average Bonchev–Trinajstić information content (AvgIpc) is 2.62. The lowest BCUT2D eigenvalue weighted by molar-refractivity contribution is -0.114. The van der Waals surface area contributed by atoms with Crippen molar-refractivity contribution in [2.24, 2.45) is 0 Å². The number of esters is 1. The van der Waals surface area contributed by atoms with Crippen molar-refractivity contribution in [1.82, 2.24) is 0 Å². The van der Waals surface area contributed by atoms with E-state index in [1.165, 1.54) is 56.1 Å². The molecule has 0 heterocycles. The van der Waals surface area contributed by atoms with E-state index >= 15 is 0 Å². The van der Waals surface area contributed by atoms with Gasteiger partial charge >= 0.3 is 5.97 Å². The SMILES string of the molecule is COC(=O)c1cc(NS(=O)(=O)c2ccc(SC)c(NC(C)=O)c2)ccc1Cl. The standard InChI is InChI=1S/C17H17ClN2O5S2/c1-10(21)19-15-9-12(5-7-16(15)26-3)27(23,24)20-11-4-6-14(18)13(8-11)17(22)25-2/h4-9,20H,1-3H3,(H,19,21). The van der Waals surface area contributed by atoms with Crippen LogP contribution in [0.4, 0.5) is 11.4 Å². The van der Waals surface area contributed by atoms with Crippen LogP contribution < -0.4 is 10.0 Å². The molecule has 7 nitrogen and oxygen atoms in total. The number of halogens is 1. The Labute approximate surface area is 166 Å². The van der Waals surface area contributed by atoms with Crippen molar-refractivity contribution < 1.29 is 22.7 Å². The number of carbonyl (C=O) groups is 2. The second-order valence-electron chi connectivity index (χ2n) is 5.33. The molecule has 27 heavy (non-hydrogen) atoms. The van der Waals surface area contributed by atoms with Crippen LogP contribution in [-0.4, -0.2) is 33.7 Å². The maximum absolute atomic E-state index is 12.7. The summed E-state index contributed by atoms with van der Waals surface area (Å²) in [6.07, 6.45) is 1.81. The molecule has 0 atom stereocenters. The second kappa shape index (κ2) is 8.64. The third-order valence-corrected chi connectivity index (χ3v) is 5.92. The van der Waals surface area contributed by atoms with Crippen LogP contribution in [0.25, 0.3) is 0 Å². The van der Waals surface area contributed by atoms with Gasteiger partial charge in [0.15, 0.2) is 0 Å². The summed E-state index contributed by atoms with van der Waals surface area (Å²) in [5.41, 5.74) is 0.579. The van der Waals surface area contributed by atoms with E-state index in [1.807, 2.05) is 6.26 Å². The molecule has 10 heteroatoms. The Balaban J connectivity index is 2.39. The average molecular weight is 429 g/mol. The number of amides is 1. The van der Waals surface area contributed by atoms with E-state index in [0.29, 0.717) is 5.69 Å². The molecular formula is C17H17ClN2O5S2. The molecule has 144 valence electrons. The van der Waals surface area contributed by atoms with E-state index in [9.17, 15) is 18.0 Å². The predicted octanol–water partition coefficient (Wildman–Crippen LogP) is 3.61. The number of rotatable bonds is 6. The van der Waals surface area contributed by atoms with E-state index in [2.05, 4.69) is 14.8 Å². The number of ether oxygens (including phenoxy) is 1. The van der Waals surface area contributed by atoms with Crippen molar-refractivity contribution >= 4 is 56.6 Å². The quantitative estimate of drug-likeness (QED) is 0.538. The van der Waals surface area contributed by atoms with Crippen LogP contribution in [-0.2, 0) is 19.6 Å². The van der Waals surface area contributed by atoms with Gasteiger partial charge in [-0.25, -0.2) is 13.2 Å². The summed E-state index contributed by atoms with van der Waals surface area (Å²) in [7, 11) is -2.76. The first kappa shape index (κ1) is 21.1. The molecule has 2 rings (SSSR count). The van der Waals surface area contributed by atoms with Crippen molar-refractivity contribution in [1.29, 1.82) is 0 Å². The zero-order chi connectivity index (χ0) is 20.2. The molecule has 1 amide bonds. The van der Waals surface area contributed by atoms with E-state index in [1.54, 1.807) is 6.07 Å². The van der Waals surface area contributed by atoms with Gasteiger partial charge in [-0.15, -0.1) is 11.8 Å². The van der Waals surface area contributed by atoms with Gasteiger partial charge in [0, 0.05) is 17.5 Å². The fourth-order valence-corrected chi connectivity index (χ4v) is 4.01. The van der Waals surface area contributed by atoms with Crippen molar-refractivity contribution in [3.05, 3.63) is 47.0 Å². The molecule has 0 bridgehead atoms. The number of benzene rings is 2. The Morgan fingerprint density at radius 2 is 1.85 bits per heavy atom. The molecule has 0 radical (unpaired) electrons. The summed E-state index contributed by atoms with van der Waals surface area (Å²) in [6.45, 7) is 1.34. The summed E-state index contributed by atoms with van der Waals surface area (Å²) in [4.78, 5) is 23.7. The zero-order valence-electron chi connectivity index (χ0n) is 14.7. The Kier molecular flexibility index (Phi) is 6.74. The number of hydrogen-bond donors (Lipinski definition) is 2. The number of thioether (sulfide) groups is 1. The van der Waals surface area contributed by atoms with Gasteiger partial charge in [0.1, 0.15) is 0 Å². The molecule has 0 unspecified atom stereocenters. The minimum absolute atomic E-state index is 0.0380. The zero-order valence-corrected chi connectivity index (χ0v) is 17.1. The lowest BCUT2D eigenvalue weighted by Crippen LogP contribution is -2.15. The molecular weight excluding hydrogens is 412 g/mol. The van der Waals surface area contributed by atoms with Gasteiger partial charge in [0.2, 0.25) is 5.91 Å². The highest BCUT2D eigenvalue weighted by Crippen LogP contribution is 2.29. The van der Waals surface area contributed by atoms with Crippen LogP contribution in [0.3, 0.4) is 0 Å². The van der Waals surface area contributed by atoms with Crippen LogP contribution in [0.5, 0.6) is 0 Å². The van der Waals surface area contributed by atoms with Crippen molar-refractivity contribution in [3.63, 3.8) is 0 Å². The van der Waals surface area contributed by atoms with Gasteiger partial charge in [0.05, 0.1) is 28.3 Å². The fraction of sp³-hybridized carbons (Fsp3) is 0.176.